The fourth-order valence-electron chi connectivity index (χ4n) is 3.63. The molecule has 41 heavy (non-hydrogen) atoms. The predicted octanol–water partition coefficient (Wildman–Crippen LogP) is 2.30. The second-order valence-corrected chi connectivity index (χ2v) is 11.6. The monoisotopic (exact) mass is 618 g/mol. The minimum Gasteiger partial charge on any atom is -0.462 e. The number of carbonyl (C=O) groups excluding carboxylic acids is 2. The lowest BCUT2D eigenvalue weighted by Crippen LogP contribution is -2.43. The summed E-state index contributed by atoms with van der Waals surface area (Å²) in [5, 5.41) is 13.2. The second kappa shape index (κ2) is 13.3. The number of aliphatic hydroxyl groups is 1. The van der Waals surface area contributed by atoms with Crippen molar-refractivity contribution in [3.8, 4) is 12.3 Å². The Balaban J connectivity index is 1.79. The summed E-state index contributed by atoms with van der Waals surface area (Å²) < 4.78 is 46.5. The Labute approximate surface area is 240 Å². The van der Waals surface area contributed by atoms with Crippen LogP contribution in [-0.4, -0.2) is 80.1 Å². The van der Waals surface area contributed by atoms with Crippen LogP contribution >= 0.6 is 19.3 Å². The number of aliphatic hydroxyl groups excluding tert-OH is 1. The number of nitrogen functional groups attached to an aromatic ring is 1. The number of imidazole rings is 1. The number of nitrogens with zero attached hydrogens (tertiary/aromatic N) is 4. The summed E-state index contributed by atoms with van der Waals surface area (Å²) in [6.45, 7) is 6.27. The number of rotatable bonds is 12. The molecule has 1 aliphatic rings. The third-order valence-electron chi connectivity index (χ3n) is 5.52. The van der Waals surface area contributed by atoms with Crippen molar-refractivity contribution in [2.45, 2.75) is 77.2 Å². The molecule has 0 bridgehead atoms. The Morgan fingerprint density at radius 1 is 1.29 bits per heavy atom. The number of aromatic nitrogens is 4. The lowest BCUT2D eigenvalue weighted by Gasteiger charge is -2.29. The van der Waals surface area contributed by atoms with E-state index in [2.05, 4.69) is 26.0 Å². The van der Waals surface area contributed by atoms with Crippen LogP contribution in [0.5, 0.6) is 0 Å². The maximum atomic E-state index is 13.6. The van der Waals surface area contributed by atoms with Gasteiger partial charge in [-0.05, 0) is 46.2 Å². The average Bonchev–Trinajstić information content (AvgIpc) is 3.43. The molecule has 0 amide bonds. The van der Waals surface area contributed by atoms with Gasteiger partial charge in [-0.15, -0.1) is 6.42 Å². The molecule has 226 valence electrons. The largest absolute Gasteiger partial charge is 0.510 e. The fourth-order valence-corrected chi connectivity index (χ4v) is 5.16. The van der Waals surface area contributed by atoms with E-state index in [9.17, 15) is 19.3 Å². The van der Waals surface area contributed by atoms with Crippen molar-refractivity contribution in [1.29, 1.82) is 0 Å². The van der Waals surface area contributed by atoms with Crippen LogP contribution in [0.3, 0.4) is 0 Å². The summed E-state index contributed by atoms with van der Waals surface area (Å²) in [6.07, 6.45) is 2.77. The molecule has 16 nitrogen and oxygen atoms in total. The van der Waals surface area contributed by atoms with E-state index in [0.29, 0.717) is 0 Å². The summed E-state index contributed by atoms with van der Waals surface area (Å²) in [5.41, 5.74) is 4.50. The number of anilines is 1. The molecule has 1 aliphatic heterocycles. The van der Waals surface area contributed by atoms with Crippen molar-refractivity contribution in [2.75, 3.05) is 19.1 Å². The maximum absolute atomic E-state index is 13.6. The molecular weight excluding hydrogens is 587 g/mol. The Morgan fingerprint density at radius 2 is 1.98 bits per heavy atom. The van der Waals surface area contributed by atoms with Crippen molar-refractivity contribution in [1.82, 2.24) is 24.6 Å². The normalized spacial score (nSPS) is 22.8. The third-order valence-corrected chi connectivity index (χ3v) is 7.31. The lowest BCUT2D eigenvalue weighted by atomic mass is 9.99. The number of carbonyl (C=O) groups is 2. The zero-order chi connectivity index (χ0) is 30.5. The summed E-state index contributed by atoms with van der Waals surface area (Å²) in [4.78, 5) is 36.2. The van der Waals surface area contributed by atoms with E-state index >= 15 is 0 Å². The number of halogens is 1. The van der Waals surface area contributed by atoms with Crippen LogP contribution in [0.2, 0.25) is 5.28 Å². The maximum Gasteiger partial charge on any atom is 0.510 e. The Hall–Kier alpha value is -3.03. The predicted molar refractivity (Wildman–Crippen MR) is 143 cm³/mol. The van der Waals surface area contributed by atoms with Gasteiger partial charge in [-0.25, -0.2) is 19.4 Å². The fraction of sp³-hybridized carbons (Fsp3) is 0.609. The first-order valence-corrected chi connectivity index (χ1v) is 14.3. The van der Waals surface area contributed by atoms with E-state index in [1.54, 1.807) is 27.7 Å². The first-order chi connectivity index (χ1) is 19.2. The summed E-state index contributed by atoms with van der Waals surface area (Å²) in [6, 6.07) is -1.19. The van der Waals surface area contributed by atoms with Gasteiger partial charge in [-0.1, -0.05) is 5.92 Å². The van der Waals surface area contributed by atoms with Gasteiger partial charge in [0.25, 0.3) is 0 Å². The number of esters is 1. The van der Waals surface area contributed by atoms with Gasteiger partial charge in [0.1, 0.15) is 30.5 Å². The van der Waals surface area contributed by atoms with Gasteiger partial charge in [-0.2, -0.15) is 9.97 Å². The van der Waals surface area contributed by atoms with Gasteiger partial charge in [0, 0.05) is 6.42 Å². The minimum atomic E-state index is -4.47. The van der Waals surface area contributed by atoms with Crippen molar-refractivity contribution in [3.63, 3.8) is 0 Å². The van der Waals surface area contributed by atoms with Gasteiger partial charge in [0.2, 0.25) is 12.1 Å². The second-order valence-electron chi connectivity index (χ2n) is 9.47. The first kappa shape index (κ1) is 32.5. The molecule has 5 atom stereocenters. The van der Waals surface area contributed by atoms with E-state index in [-0.39, 0.29) is 28.7 Å². The Bertz CT molecular complexity index is 1350. The number of hydrogen-bond acceptors (Lipinski definition) is 14. The van der Waals surface area contributed by atoms with Crippen LogP contribution < -0.4 is 10.8 Å². The van der Waals surface area contributed by atoms with Crippen LogP contribution in [0.25, 0.3) is 11.2 Å². The van der Waals surface area contributed by atoms with E-state index in [0.717, 1.165) is 0 Å². The Kier molecular flexibility index (Phi) is 10.5. The molecule has 2 aromatic rings. The number of terminal acetylenes is 1. The van der Waals surface area contributed by atoms with Gasteiger partial charge in [-0.3, -0.25) is 18.4 Å². The van der Waals surface area contributed by atoms with Gasteiger partial charge in [0.15, 0.2) is 17.1 Å². The number of ether oxygens (including phenoxy) is 4. The molecule has 3 heterocycles. The molecule has 18 heteroatoms. The van der Waals surface area contributed by atoms with Crippen molar-refractivity contribution in [2.24, 2.45) is 0 Å². The molecule has 2 aromatic heterocycles. The van der Waals surface area contributed by atoms with Gasteiger partial charge < -0.3 is 29.8 Å². The molecule has 3 rings (SSSR count). The van der Waals surface area contributed by atoms with E-state index in [1.807, 2.05) is 0 Å². The molecule has 1 fully saturated rings. The van der Waals surface area contributed by atoms with E-state index in [1.165, 1.54) is 17.8 Å². The zero-order valence-corrected chi connectivity index (χ0v) is 24.6. The van der Waals surface area contributed by atoms with Gasteiger partial charge in [0.05, 0.1) is 18.5 Å². The zero-order valence-electron chi connectivity index (χ0n) is 23.0. The topological polar surface area (TPSA) is 208 Å². The van der Waals surface area contributed by atoms with E-state index in [4.69, 9.17) is 51.8 Å². The molecule has 0 radical (unpaired) electrons. The molecule has 1 saturated heterocycles. The highest BCUT2D eigenvalue weighted by atomic mass is 35.5. The number of nitrogens with one attached hydrogen (secondary N) is 1. The molecule has 0 spiro atoms. The van der Waals surface area contributed by atoms with Crippen LogP contribution in [0.4, 0.5) is 10.6 Å². The SMILES string of the molecule is C#C[C@]1(CO[P@](=O)(N[C@H](C)C(=O)OC(C)C)OCOC(=O)OC(C)C)O[C@@H](n2cnc3c(N)nc(Cl)nc32)C[C@@H]1O. The van der Waals surface area contributed by atoms with Crippen LogP contribution in [-0.2, 0) is 37.4 Å². The highest BCUT2D eigenvalue weighted by Gasteiger charge is 2.50. The molecule has 0 unspecified atom stereocenters. The molecule has 0 aromatic carbocycles. The van der Waals surface area contributed by atoms with Crippen LogP contribution in [0, 0.1) is 12.3 Å². The Morgan fingerprint density at radius 3 is 2.61 bits per heavy atom. The molecular formula is C23H32ClN6O10P. The van der Waals surface area contributed by atoms with Crippen molar-refractivity contribution >= 4 is 48.5 Å². The summed E-state index contributed by atoms with van der Waals surface area (Å²) in [7, 11) is -4.47. The third kappa shape index (κ3) is 8.04. The van der Waals surface area contributed by atoms with Crippen LogP contribution in [0.1, 0.15) is 47.3 Å². The van der Waals surface area contributed by atoms with Gasteiger partial charge >= 0.3 is 19.9 Å². The van der Waals surface area contributed by atoms with Crippen molar-refractivity contribution in [3.05, 3.63) is 11.6 Å². The highest BCUT2D eigenvalue weighted by molar-refractivity contribution is 7.51. The van der Waals surface area contributed by atoms with Crippen LogP contribution in [0.15, 0.2) is 6.33 Å². The quantitative estimate of drug-likeness (QED) is 0.102. The summed E-state index contributed by atoms with van der Waals surface area (Å²) in [5.74, 6) is 1.62. The number of nitrogens with two attached hydrogens (primary N) is 1. The molecule has 0 saturated carbocycles. The lowest BCUT2D eigenvalue weighted by molar-refractivity contribution is -0.149. The first-order valence-electron chi connectivity index (χ1n) is 12.4. The smallest absolute Gasteiger partial charge is 0.462 e. The van der Waals surface area contributed by atoms with Crippen molar-refractivity contribution < 1.29 is 47.3 Å². The highest BCUT2D eigenvalue weighted by Crippen LogP contribution is 2.47. The standard InChI is InChI=1S/C23H32ClN6O10P/c1-7-23(15(31)8-16(40-23)30-10-26-17-18(25)27-21(24)28-19(17)30)9-36-41(34,29-14(6)20(32)38-12(2)3)37-11-35-22(33)39-13(4)5/h1,10,12-16,31H,8-9,11H2,2-6H3,(H,29,34)(H2,25,27,28)/t14-,15+,16-,23-,41-/m1/s1. The average molecular weight is 619 g/mol. The summed E-state index contributed by atoms with van der Waals surface area (Å²) >= 11 is 5.94. The number of fused-ring (bicyclic) bond motifs is 1. The molecule has 0 aliphatic carbocycles. The van der Waals surface area contributed by atoms with E-state index < -0.39 is 69.5 Å². The molecule has 4 N–H and O–H groups in total. The minimum absolute atomic E-state index is 0.0395. The number of hydrogen-bond donors (Lipinski definition) is 3.